The Labute approximate surface area is 556 Å². The molecule has 21 N–H and O–H groups in total. The molecule has 1 fully saturated rings. The molecule has 0 saturated carbocycles. The zero-order valence-electron chi connectivity index (χ0n) is 55.4. The fourth-order valence-electron chi connectivity index (χ4n) is 10.2. The average Bonchev–Trinajstić information content (AvgIpc) is 1.60. The second-order valence-corrected chi connectivity index (χ2v) is 24.6. The summed E-state index contributed by atoms with van der Waals surface area (Å²) in [6.45, 7) is 10.7. The van der Waals surface area contributed by atoms with Crippen molar-refractivity contribution in [3.63, 3.8) is 0 Å². The summed E-state index contributed by atoms with van der Waals surface area (Å²) in [4.78, 5) is 181. The number of hydrogen-bond acceptors (Lipinski definition) is 18. The Morgan fingerprint density at radius 3 is 1.44 bits per heavy atom. The first-order chi connectivity index (χ1) is 45.2. The molecule has 0 unspecified atom stereocenters. The van der Waals surface area contributed by atoms with Crippen molar-refractivity contribution >= 4 is 82.9 Å². The third-order valence-electron chi connectivity index (χ3n) is 15.5. The number of nitrogens with one attached hydrogen (secondary N) is 10. The highest BCUT2D eigenvalue weighted by atomic mass is 16.4. The number of aliphatic imine (C=N–C) groups is 1. The smallest absolute Gasteiger partial charge is 0.326 e. The van der Waals surface area contributed by atoms with Crippen LogP contribution in [0.2, 0.25) is 0 Å². The number of carbonyl (C=O) groups is 13. The molecular weight excluding hydrogens is 1250 g/mol. The highest BCUT2D eigenvalue weighted by Crippen LogP contribution is 2.22. The molecule has 532 valence electrons. The first-order valence-corrected chi connectivity index (χ1v) is 31.8. The van der Waals surface area contributed by atoms with Crippen molar-refractivity contribution in [2.24, 2.45) is 39.9 Å². The van der Waals surface area contributed by atoms with Gasteiger partial charge in [-0.25, -0.2) is 4.79 Å². The van der Waals surface area contributed by atoms with E-state index in [0.29, 0.717) is 11.1 Å². The molecule has 2 aromatic rings. The van der Waals surface area contributed by atoms with Gasteiger partial charge in [0.2, 0.25) is 65.0 Å². The number of nitrogens with two attached hydrogens (primary N) is 3. The van der Waals surface area contributed by atoms with E-state index < -0.39 is 193 Å². The van der Waals surface area contributed by atoms with E-state index in [2.05, 4.69) is 58.2 Å². The van der Waals surface area contributed by atoms with Crippen LogP contribution >= 0.6 is 0 Å². The summed E-state index contributed by atoms with van der Waals surface area (Å²) in [5.74, 6) is -15.1. The number of benzene rings is 2. The van der Waals surface area contributed by atoms with Crippen molar-refractivity contribution in [2.45, 2.75) is 192 Å². The van der Waals surface area contributed by atoms with E-state index >= 15 is 0 Å². The summed E-state index contributed by atoms with van der Waals surface area (Å²) in [6.07, 6.45) is -4.54. The minimum atomic E-state index is -1.81. The van der Waals surface area contributed by atoms with E-state index in [0.717, 1.165) is 4.90 Å². The number of aliphatic hydroxyl groups is 3. The van der Waals surface area contributed by atoms with Crippen molar-refractivity contribution < 1.29 is 87.9 Å². The van der Waals surface area contributed by atoms with E-state index in [1.54, 1.807) is 102 Å². The standard InChI is InChI=1S/C63H97N15O18/c1-32(2)27-41(71-59(92)50(35(7)80)76-55(88)43(29-38-19-13-10-14-20-38)72-58(91)48(33(3)4)74-54(87)42(68-46(82)30-64)28-37-17-11-9-12-18-37)53(86)77-51(36(8)81)60(93)75-49(34(5)6)61(94)78-26-16-22-45(78)57(90)73-44(31-79)56(89)69-39(23-24-47(83)84)52(85)70-40(62(95)96)21-15-25-67-63(65)66/h9-14,17-20,32-36,39-45,48-51,79-81H,15-16,21-31,64H2,1-8H3,(H,68,82)(H,69,89)(H,70,85)(H,71,92)(H,72,91)(H,73,90)(H,74,87)(H,75,93)(H,76,88)(H,77,86)(H,83,84)(H,95,96)(H4,65,66,67)/t35-,36-,39+,40+,41+,42+,43+,44+,45+,48+,49+,50+,51+/m1/s1. The largest absolute Gasteiger partial charge is 0.481 e. The first kappa shape index (κ1) is 80.9. The van der Waals surface area contributed by atoms with Gasteiger partial charge in [-0.3, -0.25) is 62.5 Å². The zero-order chi connectivity index (χ0) is 72.1. The molecule has 1 aliphatic heterocycles. The van der Waals surface area contributed by atoms with E-state index in [1.807, 2.05) is 0 Å². The Morgan fingerprint density at radius 1 is 0.531 bits per heavy atom. The zero-order valence-corrected chi connectivity index (χ0v) is 55.4. The van der Waals surface area contributed by atoms with Gasteiger partial charge in [-0.1, -0.05) is 102 Å². The van der Waals surface area contributed by atoms with Gasteiger partial charge in [0, 0.05) is 32.4 Å². The molecule has 1 aliphatic rings. The molecule has 0 aromatic heterocycles. The van der Waals surface area contributed by atoms with Crippen LogP contribution in [0.1, 0.15) is 111 Å². The normalized spacial score (nSPS) is 16.6. The molecule has 3 rings (SSSR count). The quantitative estimate of drug-likeness (QED) is 0.0170. The minimum Gasteiger partial charge on any atom is -0.481 e. The summed E-state index contributed by atoms with van der Waals surface area (Å²) >= 11 is 0. The number of carbonyl (C=O) groups excluding carboxylic acids is 11. The van der Waals surface area contributed by atoms with E-state index in [9.17, 15) is 87.9 Å². The average molecular weight is 1350 g/mol. The predicted molar refractivity (Wildman–Crippen MR) is 347 cm³/mol. The Morgan fingerprint density at radius 2 is 0.969 bits per heavy atom. The highest BCUT2D eigenvalue weighted by molar-refractivity contribution is 6.00. The fraction of sp³-hybridized carbons (Fsp3) is 0.587. The van der Waals surface area contributed by atoms with Crippen molar-refractivity contribution in [2.75, 3.05) is 26.2 Å². The molecule has 0 radical (unpaired) electrons. The second kappa shape index (κ2) is 40.1. The molecular formula is C63H97N15O18. The van der Waals surface area contributed by atoms with Gasteiger partial charge in [-0.05, 0) is 81.3 Å². The Bertz CT molecular complexity index is 3000. The molecule has 1 heterocycles. The number of hydrogen-bond donors (Lipinski definition) is 18. The van der Waals surface area contributed by atoms with Gasteiger partial charge in [0.1, 0.15) is 66.5 Å². The van der Waals surface area contributed by atoms with Crippen molar-refractivity contribution in [3.8, 4) is 0 Å². The summed E-state index contributed by atoms with van der Waals surface area (Å²) in [5.41, 5.74) is 17.4. The molecule has 0 aliphatic carbocycles. The van der Waals surface area contributed by atoms with E-state index in [-0.39, 0.29) is 69.9 Å². The maximum absolute atomic E-state index is 14.4. The number of likely N-dealkylation sites (tertiary alicyclic amines) is 1. The van der Waals surface area contributed by atoms with Crippen LogP contribution in [0.4, 0.5) is 0 Å². The van der Waals surface area contributed by atoms with Gasteiger partial charge < -0.3 is 101 Å². The fourth-order valence-corrected chi connectivity index (χ4v) is 10.2. The lowest BCUT2D eigenvalue weighted by atomic mass is 9.99. The number of aliphatic carboxylic acids is 2. The van der Waals surface area contributed by atoms with Crippen LogP contribution < -0.4 is 70.4 Å². The number of aliphatic hydroxyl groups excluding tert-OH is 3. The van der Waals surface area contributed by atoms with Crippen LogP contribution in [-0.4, -0.2) is 218 Å². The van der Waals surface area contributed by atoms with Crippen LogP contribution in [0.5, 0.6) is 0 Å². The number of guanidine groups is 1. The van der Waals surface area contributed by atoms with Crippen LogP contribution in [0, 0.1) is 17.8 Å². The lowest BCUT2D eigenvalue weighted by molar-refractivity contribution is -0.144. The molecule has 1 saturated heterocycles. The predicted octanol–water partition coefficient (Wildman–Crippen LogP) is -4.62. The summed E-state index contributed by atoms with van der Waals surface area (Å²) < 4.78 is 0. The summed E-state index contributed by atoms with van der Waals surface area (Å²) in [5, 5.41) is 76.2. The number of nitrogens with zero attached hydrogens (tertiary/aromatic N) is 2. The first-order valence-electron chi connectivity index (χ1n) is 31.8. The third kappa shape index (κ3) is 26.8. The summed E-state index contributed by atoms with van der Waals surface area (Å²) in [6, 6.07) is 0.505. The van der Waals surface area contributed by atoms with Gasteiger partial charge in [0.25, 0.3) is 0 Å². The number of rotatable bonds is 40. The SMILES string of the molecule is CC(C)C[C@H](NC(=O)[C@@H](NC(=O)[C@H](Cc1ccccc1)NC(=O)[C@@H](NC(=O)[C@H](Cc1ccccc1)NC(=O)CN)C(C)C)[C@@H](C)O)C(=O)N[C@H](C(=O)N[C@H](C(=O)N1CCC[C@H]1C(=O)N[C@@H](CO)C(=O)N[C@@H](CCC(=O)O)C(=O)N[C@@H](CCCN=C(N)N)C(=O)O)C(C)C)[C@@H](C)O. The lowest BCUT2D eigenvalue weighted by Gasteiger charge is -2.33. The van der Waals surface area contributed by atoms with Crippen LogP contribution in [0.15, 0.2) is 65.7 Å². The molecule has 0 bridgehead atoms. The molecule has 13 atom stereocenters. The number of carboxylic acids is 2. The molecule has 96 heavy (non-hydrogen) atoms. The van der Waals surface area contributed by atoms with Crippen LogP contribution in [-0.2, 0) is 75.2 Å². The van der Waals surface area contributed by atoms with Crippen molar-refractivity contribution in [1.82, 2.24) is 58.1 Å². The van der Waals surface area contributed by atoms with Crippen LogP contribution in [0.3, 0.4) is 0 Å². The Hall–Kier alpha value is -9.34. The van der Waals surface area contributed by atoms with Crippen molar-refractivity contribution in [3.05, 3.63) is 71.8 Å². The van der Waals surface area contributed by atoms with Crippen molar-refractivity contribution in [1.29, 1.82) is 0 Å². The summed E-state index contributed by atoms with van der Waals surface area (Å²) in [7, 11) is 0. The van der Waals surface area contributed by atoms with E-state index in [4.69, 9.17) is 17.2 Å². The molecule has 33 heteroatoms. The Balaban J connectivity index is 1.82. The van der Waals surface area contributed by atoms with Gasteiger partial charge in [-0.2, -0.15) is 0 Å². The lowest BCUT2D eigenvalue weighted by Crippen LogP contribution is -2.63. The maximum atomic E-state index is 14.4. The third-order valence-corrected chi connectivity index (χ3v) is 15.5. The molecule has 11 amide bonds. The highest BCUT2D eigenvalue weighted by Gasteiger charge is 2.43. The minimum absolute atomic E-state index is 0.0169. The van der Waals surface area contributed by atoms with Gasteiger partial charge in [-0.15, -0.1) is 0 Å². The molecule has 2 aromatic carbocycles. The maximum Gasteiger partial charge on any atom is 0.326 e. The second-order valence-electron chi connectivity index (χ2n) is 24.6. The van der Waals surface area contributed by atoms with Crippen LogP contribution in [0.25, 0.3) is 0 Å². The van der Waals surface area contributed by atoms with Gasteiger partial charge >= 0.3 is 11.9 Å². The number of amides is 11. The topological polar surface area (TPSA) is 537 Å². The number of carboxylic acid groups (broad SMARTS) is 2. The van der Waals surface area contributed by atoms with E-state index in [1.165, 1.54) is 13.8 Å². The molecule has 33 nitrogen and oxygen atoms in total. The Kier molecular flexibility index (Phi) is 33.8. The molecule has 0 spiro atoms. The van der Waals surface area contributed by atoms with Gasteiger partial charge in [0.05, 0.1) is 25.4 Å². The monoisotopic (exact) mass is 1350 g/mol. The van der Waals surface area contributed by atoms with Gasteiger partial charge in [0.15, 0.2) is 5.96 Å².